The molecule has 1 atom stereocenters. The largest absolute Gasteiger partial charge is 0.481 e. The highest BCUT2D eigenvalue weighted by molar-refractivity contribution is 5.77. The molecule has 110 valence electrons. The normalized spacial score (nSPS) is 11.9. The molecule has 1 amide bonds. The molecule has 1 aromatic carbocycles. The molecule has 0 aliphatic heterocycles. The van der Waals surface area contributed by atoms with Gasteiger partial charge in [-0.2, -0.15) is 0 Å². The van der Waals surface area contributed by atoms with Gasteiger partial charge in [-0.1, -0.05) is 13.0 Å². The van der Waals surface area contributed by atoms with Crippen LogP contribution in [0.4, 0.5) is 8.78 Å². The van der Waals surface area contributed by atoms with Crippen LogP contribution >= 0.6 is 0 Å². The van der Waals surface area contributed by atoms with E-state index in [1.807, 2.05) is 0 Å². The second-order valence-corrected chi connectivity index (χ2v) is 4.52. The van der Waals surface area contributed by atoms with E-state index in [4.69, 9.17) is 5.11 Å². The summed E-state index contributed by atoms with van der Waals surface area (Å²) in [5, 5.41) is 11.3. The minimum atomic E-state index is -0.974. The number of hydrogen-bond acceptors (Lipinski definition) is 2. The highest BCUT2D eigenvalue weighted by Crippen LogP contribution is 2.10. The van der Waals surface area contributed by atoms with Crippen LogP contribution < -0.4 is 5.32 Å². The van der Waals surface area contributed by atoms with Crippen LogP contribution in [0.2, 0.25) is 0 Å². The van der Waals surface area contributed by atoms with Gasteiger partial charge in [0.15, 0.2) is 11.6 Å². The Morgan fingerprint density at radius 3 is 2.55 bits per heavy atom. The van der Waals surface area contributed by atoms with Crippen LogP contribution in [0.5, 0.6) is 0 Å². The SMILES string of the molecule is CCC(CC(=O)O)NC(=O)CCc1ccc(F)c(F)c1. The third kappa shape index (κ3) is 5.34. The minimum absolute atomic E-state index is 0.0984. The van der Waals surface area contributed by atoms with Gasteiger partial charge < -0.3 is 10.4 Å². The summed E-state index contributed by atoms with van der Waals surface area (Å²) in [7, 11) is 0. The van der Waals surface area contributed by atoms with E-state index in [-0.39, 0.29) is 25.2 Å². The fourth-order valence-corrected chi connectivity index (χ4v) is 1.76. The number of carbonyl (C=O) groups excluding carboxylic acids is 1. The van der Waals surface area contributed by atoms with E-state index in [0.717, 1.165) is 12.1 Å². The number of benzene rings is 1. The molecule has 0 aliphatic rings. The van der Waals surface area contributed by atoms with Crippen LogP contribution in [0.25, 0.3) is 0 Å². The maximum atomic E-state index is 13.0. The van der Waals surface area contributed by atoms with E-state index in [1.54, 1.807) is 6.92 Å². The molecule has 2 N–H and O–H groups in total. The van der Waals surface area contributed by atoms with Crippen molar-refractivity contribution in [1.29, 1.82) is 0 Å². The van der Waals surface area contributed by atoms with Gasteiger partial charge in [-0.3, -0.25) is 9.59 Å². The second kappa shape index (κ2) is 7.57. The number of carboxylic acid groups (broad SMARTS) is 1. The van der Waals surface area contributed by atoms with Crippen molar-refractivity contribution >= 4 is 11.9 Å². The highest BCUT2D eigenvalue weighted by atomic mass is 19.2. The summed E-state index contributed by atoms with van der Waals surface area (Å²) in [5.41, 5.74) is 0.519. The summed E-state index contributed by atoms with van der Waals surface area (Å²) in [5.74, 6) is -3.15. The zero-order chi connectivity index (χ0) is 15.1. The van der Waals surface area contributed by atoms with Crippen LogP contribution in [0.15, 0.2) is 18.2 Å². The number of nitrogens with one attached hydrogen (secondary N) is 1. The predicted molar refractivity (Wildman–Crippen MR) is 69.2 cm³/mol. The van der Waals surface area contributed by atoms with Crippen molar-refractivity contribution < 1.29 is 23.5 Å². The highest BCUT2D eigenvalue weighted by Gasteiger charge is 2.14. The molecular weight excluding hydrogens is 268 g/mol. The topological polar surface area (TPSA) is 66.4 Å². The van der Waals surface area contributed by atoms with Gasteiger partial charge in [0.1, 0.15) is 0 Å². The van der Waals surface area contributed by atoms with Crippen molar-refractivity contribution in [1.82, 2.24) is 5.32 Å². The van der Waals surface area contributed by atoms with Crippen molar-refractivity contribution in [2.75, 3.05) is 0 Å². The standard InChI is InChI=1S/C14H17F2NO3/c1-2-10(8-14(19)20)17-13(18)6-4-9-3-5-11(15)12(16)7-9/h3,5,7,10H,2,4,6,8H2,1H3,(H,17,18)(H,19,20). The Bertz CT molecular complexity index is 491. The van der Waals surface area contributed by atoms with Gasteiger partial charge >= 0.3 is 5.97 Å². The molecule has 0 bridgehead atoms. The van der Waals surface area contributed by atoms with Crippen molar-refractivity contribution in [3.63, 3.8) is 0 Å². The summed E-state index contributed by atoms with van der Waals surface area (Å²) >= 11 is 0. The molecule has 0 aliphatic carbocycles. The molecule has 0 saturated heterocycles. The lowest BCUT2D eigenvalue weighted by molar-refractivity contribution is -0.137. The number of hydrogen-bond donors (Lipinski definition) is 2. The van der Waals surface area contributed by atoms with Gasteiger partial charge in [-0.15, -0.1) is 0 Å². The number of aryl methyl sites for hydroxylation is 1. The van der Waals surface area contributed by atoms with Gasteiger partial charge in [0, 0.05) is 12.5 Å². The predicted octanol–water partition coefficient (Wildman–Crippen LogP) is 2.27. The van der Waals surface area contributed by atoms with E-state index in [1.165, 1.54) is 6.07 Å². The lowest BCUT2D eigenvalue weighted by Crippen LogP contribution is -2.36. The Kier molecular flexibility index (Phi) is 6.09. The van der Waals surface area contributed by atoms with Gasteiger partial charge in [0.05, 0.1) is 6.42 Å². The molecule has 0 saturated carbocycles. The fourth-order valence-electron chi connectivity index (χ4n) is 1.76. The molecule has 1 rings (SSSR count). The van der Waals surface area contributed by atoms with Crippen molar-refractivity contribution in [3.8, 4) is 0 Å². The maximum absolute atomic E-state index is 13.0. The van der Waals surface area contributed by atoms with E-state index in [9.17, 15) is 18.4 Å². The summed E-state index contributed by atoms with van der Waals surface area (Å²) in [6.07, 6.45) is 0.754. The average molecular weight is 285 g/mol. The minimum Gasteiger partial charge on any atom is -0.481 e. The molecule has 1 unspecified atom stereocenters. The van der Waals surface area contributed by atoms with Crippen LogP contribution in [0.1, 0.15) is 31.7 Å². The number of rotatable bonds is 7. The zero-order valence-corrected chi connectivity index (χ0v) is 11.2. The first kappa shape index (κ1) is 16.1. The Labute approximate surface area is 115 Å². The van der Waals surface area contributed by atoms with Crippen LogP contribution in [0.3, 0.4) is 0 Å². The molecule has 6 heteroatoms. The molecule has 0 radical (unpaired) electrons. The molecule has 0 heterocycles. The van der Waals surface area contributed by atoms with Crippen molar-refractivity contribution in [3.05, 3.63) is 35.4 Å². The third-order valence-electron chi connectivity index (χ3n) is 2.90. The first-order valence-electron chi connectivity index (χ1n) is 6.37. The summed E-state index contributed by atoms with van der Waals surface area (Å²) in [6.45, 7) is 1.78. The maximum Gasteiger partial charge on any atom is 0.305 e. The fraction of sp³-hybridized carbons (Fsp3) is 0.429. The second-order valence-electron chi connectivity index (χ2n) is 4.52. The molecule has 0 spiro atoms. The lowest BCUT2D eigenvalue weighted by atomic mass is 10.1. The van der Waals surface area contributed by atoms with Crippen molar-refractivity contribution in [2.24, 2.45) is 0 Å². The summed E-state index contributed by atoms with van der Waals surface area (Å²) in [4.78, 5) is 22.2. The number of carbonyl (C=O) groups is 2. The van der Waals surface area contributed by atoms with E-state index < -0.39 is 23.6 Å². The molecule has 1 aromatic rings. The summed E-state index contributed by atoms with van der Waals surface area (Å²) < 4.78 is 25.7. The number of amides is 1. The van der Waals surface area contributed by atoms with E-state index in [0.29, 0.717) is 12.0 Å². The molecule has 4 nitrogen and oxygen atoms in total. The van der Waals surface area contributed by atoms with Gasteiger partial charge in [0.25, 0.3) is 0 Å². The Morgan fingerprint density at radius 1 is 1.30 bits per heavy atom. The van der Waals surface area contributed by atoms with E-state index in [2.05, 4.69) is 5.32 Å². The summed E-state index contributed by atoms with van der Waals surface area (Å²) in [6, 6.07) is 3.07. The van der Waals surface area contributed by atoms with Gasteiger partial charge in [-0.05, 0) is 30.5 Å². The Hall–Kier alpha value is -1.98. The van der Waals surface area contributed by atoms with Gasteiger partial charge in [-0.25, -0.2) is 8.78 Å². The zero-order valence-electron chi connectivity index (χ0n) is 11.2. The van der Waals surface area contributed by atoms with Crippen LogP contribution in [-0.4, -0.2) is 23.0 Å². The average Bonchev–Trinajstić information content (AvgIpc) is 2.39. The van der Waals surface area contributed by atoms with Gasteiger partial charge in [0.2, 0.25) is 5.91 Å². The van der Waals surface area contributed by atoms with Crippen molar-refractivity contribution in [2.45, 2.75) is 38.6 Å². The number of halogens is 2. The first-order chi connectivity index (χ1) is 9.42. The van der Waals surface area contributed by atoms with E-state index >= 15 is 0 Å². The molecule has 20 heavy (non-hydrogen) atoms. The Morgan fingerprint density at radius 2 is 2.00 bits per heavy atom. The Balaban J connectivity index is 2.46. The lowest BCUT2D eigenvalue weighted by Gasteiger charge is -2.14. The number of aliphatic carboxylic acids is 1. The molecule has 0 aromatic heterocycles. The number of carboxylic acids is 1. The molecule has 0 fully saturated rings. The third-order valence-corrected chi connectivity index (χ3v) is 2.90. The van der Waals surface area contributed by atoms with Crippen LogP contribution in [0, 0.1) is 11.6 Å². The molecular formula is C14H17F2NO3. The monoisotopic (exact) mass is 285 g/mol. The smallest absolute Gasteiger partial charge is 0.305 e. The van der Waals surface area contributed by atoms with Crippen LogP contribution in [-0.2, 0) is 16.0 Å². The first-order valence-corrected chi connectivity index (χ1v) is 6.37. The quantitative estimate of drug-likeness (QED) is 0.807.